The lowest BCUT2D eigenvalue weighted by molar-refractivity contribution is -0.115. The van der Waals surface area contributed by atoms with E-state index >= 15 is 0 Å². The molecule has 0 saturated carbocycles. The average molecular weight is 470 g/mol. The molecule has 178 valence electrons. The second-order valence-electron chi connectivity index (χ2n) is 9.13. The average Bonchev–Trinajstić information content (AvgIpc) is 3.19. The molecule has 2 aromatic heterocycles. The van der Waals surface area contributed by atoms with Crippen molar-refractivity contribution in [1.29, 1.82) is 0 Å². The van der Waals surface area contributed by atoms with E-state index in [9.17, 15) is 13.2 Å². The lowest BCUT2D eigenvalue weighted by Crippen LogP contribution is -2.22. The fourth-order valence-corrected chi connectivity index (χ4v) is 3.59. The van der Waals surface area contributed by atoms with E-state index in [1.807, 2.05) is 33.8 Å². The van der Waals surface area contributed by atoms with Crippen molar-refractivity contribution in [3.63, 3.8) is 0 Å². The van der Waals surface area contributed by atoms with Crippen molar-refractivity contribution in [3.05, 3.63) is 53.6 Å². The predicted molar refractivity (Wildman–Crippen MR) is 127 cm³/mol. The molecule has 0 amide bonds. The fourth-order valence-electron chi connectivity index (χ4n) is 3.59. The van der Waals surface area contributed by atoms with Crippen LogP contribution >= 0.6 is 0 Å². The van der Waals surface area contributed by atoms with E-state index in [1.165, 1.54) is 0 Å². The van der Waals surface area contributed by atoms with Gasteiger partial charge in [0.05, 0.1) is 5.52 Å². The highest BCUT2D eigenvalue weighted by atomic mass is 19.4. The summed E-state index contributed by atoms with van der Waals surface area (Å²) in [5, 5.41) is 14.4. The first-order valence-corrected chi connectivity index (χ1v) is 10.6. The van der Waals surface area contributed by atoms with Gasteiger partial charge in [0.25, 0.3) is 5.89 Å². The van der Waals surface area contributed by atoms with Crippen LogP contribution in [0.25, 0.3) is 22.5 Å². The maximum Gasteiger partial charge on any atom is 0.405 e. The Morgan fingerprint density at radius 1 is 1.00 bits per heavy atom. The van der Waals surface area contributed by atoms with Gasteiger partial charge in [-0.25, -0.2) is 4.98 Å². The summed E-state index contributed by atoms with van der Waals surface area (Å²) in [6.45, 7) is 6.71. The molecule has 0 bridgehead atoms. The monoisotopic (exact) mass is 470 g/mol. The minimum Gasteiger partial charge on any atom is -0.401 e. The molecule has 34 heavy (non-hydrogen) atoms. The summed E-state index contributed by atoms with van der Waals surface area (Å²) in [5.74, 6) is 0.218. The number of nitrogen functional groups attached to an aromatic ring is 1. The van der Waals surface area contributed by atoms with Crippen molar-refractivity contribution < 1.29 is 17.6 Å². The molecular formula is C24H25F3N6O. The van der Waals surface area contributed by atoms with Crippen molar-refractivity contribution in [1.82, 2.24) is 15.2 Å². The van der Waals surface area contributed by atoms with Crippen LogP contribution in [-0.4, -0.2) is 27.9 Å². The number of halogens is 3. The number of rotatable bonds is 5. The van der Waals surface area contributed by atoms with Gasteiger partial charge in [-0.3, -0.25) is 0 Å². The van der Waals surface area contributed by atoms with Crippen LogP contribution in [0.4, 0.5) is 36.2 Å². The summed E-state index contributed by atoms with van der Waals surface area (Å²) < 4.78 is 44.0. The molecule has 0 unspecified atom stereocenters. The third-order valence-corrected chi connectivity index (χ3v) is 5.20. The molecule has 4 aromatic rings. The lowest BCUT2D eigenvalue weighted by Gasteiger charge is -2.23. The Hall–Kier alpha value is -3.82. The van der Waals surface area contributed by atoms with Crippen LogP contribution in [0.5, 0.6) is 0 Å². The predicted octanol–water partition coefficient (Wildman–Crippen LogP) is 6.19. The van der Waals surface area contributed by atoms with Gasteiger partial charge in [0.15, 0.2) is 0 Å². The van der Waals surface area contributed by atoms with Crippen LogP contribution in [0.2, 0.25) is 0 Å². The molecule has 2 aromatic carbocycles. The summed E-state index contributed by atoms with van der Waals surface area (Å²) in [6, 6.07) is 12.5. The largest absolute Gasteiger partial charge is 0.405 e. The molecule has 0 fully saturated rings. The van der Waals surface area contributed by atoms with Crippen LogP contribution in [0, 0.1) is 6.92 Å². The molecule has 0 radical (unpaired) electrons. The molecule has 0 aliphatic heterocycles. The molecule has 2 heterocycles. The molecule has 0 atom stereocenters. The van der Waals surface area contributed by atoms with E-state index in [2.05, 4.69) is 20.8 Å². The lowest BCUT2D eigenvalue weighted by atomic mass is 9.84. The zero-order valence-electron chi connectivity index (χ0n) is 19.2. The Kier molecular flexibility index (Phi) is 5.84. The number of anilines is 4. The zero-order chi connectivity index (χ0) is 24.7. The van der Waals surface area contributed by atoms with E-state index in [0.717, 1.165) is 16.5 Å². The molecule has 4 rings (SSSR count). The Bertz CT molecular complexity index is 1340. The number of nitrogens with one attached hydrogen (secondary N) is 2. The normalized spacial score (nSPS) is 12.2. The fraction of sp³-hybridized carbons (Fsp3) is 0.292. The minimum atomic E-state index is -4.32. The van der Waals surface area contributed by atoms with E-state index in [1.54, 1.807) is 36.4 Å². The number of aromatic nitrogens is 3. The van der Waals surface area contributed by atoms with Crippen LogP contribution in [0.3, 0.4) is 0 Å². The molecule has 0 aliphatic carbocycles. The molecular weight excluding hydrogens is 445 g/mol. The Labute approximate surface area is 194 Å². The van der Waals surface area contributed by atoms with Gasteiger partial charge < -0.3 is 20.8 Å². The maximum absolute atomic E-state index is 12.8. The molecule has 4 N–H and O–H groups in total. The molecule has 0 spiro atoms. The summed E-state index contributed by atoms with van der Waals surface area (Å²) in [6.07, 6.45) is -4.32. The second kappa shape index (κ2) is 8.51. The Morgan fingerprint density at radius 2 is 1.76 bits per heavy atom. The number of nitrogens with two attached hydrogens (primary N) is 1. The van der Waals surface area contributed by atoms with Gasteiger partial charge in [-0.15, -0.1) is 5.10 Å². The van der Waals surface area contributed by atoms with Crippen molar-refractivity contribution >= 4 is 34.0 Å². The summed E-state index contributed by atoms with van der Waals surface area (Å²) in [5.41, 5.74) is 9.88. The molecule has 0 aliphatic rings. The quantitative estimate of drug-likeness (QED) is 0.299. The smallest absolute Gasteiger partial charge is 0.401 e. The van der Waals surface area contributed by atoms with Crippen molar-refractivity contribution in [3.8, 4) is 11.6 Å². The Morgan fingerprint density at radius 3 is 2.44 bits per heavy atom. The van der Waals surface area contributed by atoms with E-state index in [-0.39, 0.29) is 17.3 Å². The number of aryl methyl sites for hydroxylation is 1. The first-order chi connectivity index (χ1) is 15.9. The van der Waals surface area contributed by atoms with Crippen molar-refractivity contribution in [2.24, 2.45) is 0 Å². The third kappa shape index (κ3) is 5.22. The van der Waals surface area contributed by atoms with Crippen LogP contribution in [0.15, 0.2) is 46.9 Å². The number of benzene rings is 2. The van der Waals surface area contributed by atoms with Crippen LogP contribution in [-0.2, 0) is 5.41 Å². The number of hydrogen-bond acceptors (Lipinski definition) is 7. The summed E-state index contributed by atoms with van der Waals surface area (Å²) in [4.78, 5) is 4.76. The number of fused-ring (bicyclic) bond motifs is 1. The second-order valence-corrected chi connectivity index (χ2v) is 9.13. The molecule has 10 heteroatoms. The van der Waals surface area contributed by atoms with Crippen molar-refractivity contribution in [2.75, 3.05) is 22.9 Å². The molecule has 7 nitrogen and oxygen atoms in total. The van der Waals surface area contributed by atoms with Crippen LogP contribution < -0.4 is 16.4 Å². The zero-order valence-corrected chi connectivity index (χ0v) is 19.2. The number of alkyl halides is 3. The van der Waals surface area contributed by atoms with E-state index in [4.69, 9.17) is 15.1 Å². The SMILES string of the molecule is Cc1cc(-c2nnc(Nc3cccc(N)c3)o2)nc2c(C(C)(C)C)cc(NCC(F)(F)F)cc12. The van der Waals surface area contributed by atoms with Gasteiger partial charge in [-0.1, -0.05) is 31.9 Å². The highest BCUT2D eigenvalue weighted by Crippen LogP contribution is 2.35. The van der Waals surface area contributed by atoms with Gasteiger partial charge in [0.1, 0.15) is 12.2 Å². The molecule has 0 saturated heterocycles. The van der Waals surface area contributed by atoms with E-state index in [0.29, 0.717) is 28.3 Å². The van der Waals surface area contributed by atoms with E-state index < -0.39 is 12.7 Å². The van der Waals surface area contributed by atoms with Gasteiger partial charge >= 0.3 is 12.2 Å². The topological polar surface area (TPSA) is 102 Å². The summed E-state index contributed by atoms with van der Waals surface area (Å²) >= 11 is 0. The number of hydrogen-bond donors (Lipinski definition) is 3. The van der Waals surface area contributed by atoms with Crippen LogP contribution in [0.1, 0.15) is 31.9 Å². The summed E-state index contributed by atoms with van der Waals surface area (Å²) in [7, 11) is 0. The number of nitrogens with zero attached hydrogens (tertiary/aromatic N) is 3. The Balaban J connectivity index is 1.73. The first kappa shape index (κ1) is 23.3. The minimum absolute atomic E-state index is 0.183. The standard InChI is InChI=1S/C24H25F3N6O/c1-13-8-19(21-32-33-22(34-21)30-15-7-5-6-14(28)9-15)31-20-17(13)10-16(29-12-24(25,26)27)11-18(20)23(2,3)4/h5-11,29H,12,28H2,1-4H3,(H,30,33). The first-order valence-electron chi connectivity index (χ1n) is 10.6. The van der Waals surface area contributed by atoms with Gasteiger partial charge in [0.2, 0.25) is 0 Å². The third-order valence-electron chi connectivity index (χ3n) is 5.20. The highest BCUT2D eigenvalue weighted by molar-refractivity contribution is 5.90. The van der Waals surface area contributed by atoms with Crippen molar-refractivity contribution in [2.45, 2.75) is 39.3 Å². The van der Waals surface area contributed by atoms with Gasteiger partial charge in [-0.2, -0.15) is 13.2 Å². The van der Waals surface area contributed by atoms with Gasteiger partial charge in [0, 0.05) is 22.4 Å². The van der Waals surface area contributed by atoms with Gasteiger partial charge in [-0.05, 0) is 59.9 Å². The highest BCUT2D eigenvalue weighted by Gasteiger charge is 2.27. The maximum atomic E-state index is 12.8. The number of pyridine rings is 1.